The number of likely N-dealkylation sites (N-methyl/N-ethyl adjacent to an activating group) is 1. The Balaban J connectivity index is 1.48. The van der Waals surface area contributed by atoms with Crippen LogP contribution in [0.5, 0.6) is 0 Å². The van der Waals surface area contributed by atoms with Gasteiger partial charge in [0.1, 0.15) is 12.2 Å². The molecule has 1 fully saturated rings. The van der Waals surface area contributed by atoms with Gasteiger partial charge in [0.2, 0.25) is 0 Å². The molecule has 2 atom stereocenters. The Bertz CT molecular complexity index is 1040. The van der Waals surface area contributed by atoms with Crippen LogP contribution in [0.3, 0.4) is 0 Å². The van der Waals surface area contributed by atoms with Crippen LogP contribution in [0.15, 0.2) is 48.7 Å². The van der Waals surface area contributed by atoms with Crippen molar-refractivity contribution in [1.29, 1.82) is 0 Å². The van der Waals surface area contributed by atoms with Crippen molar-refractivity contribution in [2.24, 2.45) is 0 Å². The van der Waals surface area contributed by atoms with Crippen LogP contribution in [0.2, 0.25) is 0 Å². The number of hydrogen-bond acceptors (Lipinski definition) is 6. The highest BCUT2D eigenvalue weighted by molar-refractivity contribution is 5.71. The second-order valence-electron chi connectivity index (χ2n) is 10.7. The van der Waals surface area contributed by atoms with Crippen molar-refractivity contribution in [1.82, 2.24) is 19.7 Å². The third-order valence-corrected chi connectivity index (χ3v) is 6.77. The number of carbonyl (C=O) groups is 2. The fourth-order valence-electron chi connectivity index (χ4n) is 5.02. The molecule has 8 nitrogen and oxygen atoms in total. The molecule has 1 aliphatic carbocycles. The van der Waals surface area contributed by atoms with Gasteiger partial charge in [-0.3, -0.25) is 9.88 Å². The molecule has 2 heterocycles. The summed E-state index contributed by atoms with van der Waals surface area (Å²) in [5.41, 5.74) is 2.77. The first-order valence-electron chi connectivity index (χ1n) is 12.8. The summed E-state index contributed by atoms with van der Waals surface area (Å²) < 4.78 is 11.3. The van der Waals surface area contributed by atoms with Gasteiger partial charge in [-0.05, 0) is 64.3 Å². The van der Waals surface area contributed by atoms with E-state index in [1.54, 1.807) is 9.80 Å². The molecule has 194 valence electrons. The lowest BCUT2D eigenvalue weighted by Crippen LogP contribution is -2.60. The van der Waals surface area contributed by atoms with E-state index in [-0.39, 0.29) is 30.9 Å². The molecule has 8 heteroatoms. The SMILES string of the molecule is CN(CC1CN(C(=O)OC(C)(C)C)CCN1C(=O)OCc1ccccc1)C1CCCc2cccnc21. The van der Waals surface area contributed by atoms with E-state index < -0.39 is 5.60 Å². The number of ether oxygens (including phenoxy) is 2. The lowest BCUT2D eigenvalue weighted by Gasteiger charge is -2.43. The van der Waals surface area contributed by atoms with Crippen molar-refractivity contribution in [3.8, 4) is 0 Å². The predicted molar refractivity (Wildman–Crippen MR) is 137 cm³/mol. The van der Waals surface area contributed by atoms with Gasteiger partial charge >= 0.3 is 12.2 Å². The van der Waals surface area contributed by atoms with Crippen molar-refractivity contribution in [3.63, 3.8) is 0 Å². The monoisotopic (exact) mass is 494 g/mol. The summed E-state index contributed by atoms with van der Waals surface area (Å²) in [7, 11) is 2.08. The Morgan fingerprint density at radius 3 is 2.61 bits per heavy atom. The summed E-state index contributed by atoms with van der Waals surface area (Å²) in [6.45, 7) is 7.59. The van der Waals surface area contributed by atoms with Crippen molar-refractivity contribution >= 4 is 12.2 Å². The Kier molecular flexibility index (Phi) is 8.14. The van der Waals surface area contributed by atoms with Crippen molar-refractivity contribution in [2.45, 2.75) is 64.3 Å². The summed E-state index contributed by atoms with van der Waals surface area (Å²) in [6, 6.07) is 13.8. The first-order valence-corrected chi connectivity index (χ1v) is 12.8. The van der Waals surface area contributed by atoms with Gasteiger partial charge in [0.15, 0.2) is 0 Å². The van der Waals surface area contributed by atoms with Gasteiger partial charge in [-0.25, -0.2) is 9.59 Å². The average molecular weight is 495 g/mol. The van der Waals surface area contributed by atoms with E-state index in [0.717, 1.165) is 30.5 Å². The van der Waals surface area contributed by atoms with Crippen LogP contribution in [-0.4, -0.2) is 76.7 Å². The highest BCUT2D eigenvalue weighted by Crippen LogP contribution is 2.32. The quantitative estimate of drug-likeness (QED) is 0.602. The lowest BCUT2D eigenvalue weighted by molar-refractivity contribution is -0.00480. The van der Waals surface area contributed by atoms with E-state index in [9.17, 15) is 9.59 Å². The molecule has 2 unspecified atom stereocenters. The molecule has 4 rings (SSSR count). The minimum absolute atomic E-state index is 0.175. The summed E-state index contributed by atoms with van der Waals surface area (Å²) >= 11 is 0. The number of aromatic nitrogens is 1. The Labute approximate surface area is 214 Å². The minimum Gasteiger partial charge on any atom is -0.445 e. The first kappa shape index (κ1) is 25.9. The zero-order valence-corrected chi connectivity index (χ0v) is 21.9. The molecule has 0 spiro atoms. The molecule has 36 heavy (non-hydrogen) atoms. The Morgan fingerprint density at radius 2 is 1.86 bits per heavy atom. The van der Waals surface area contributed by atoms with Crippen LogP contribution < -0.4 is 0 Å². The molecule has 0 bridgehead atoms. The van der Waals surface area contributed by atoms with Crippen LogP contribution >= 0.6 is 0 Å². The normalized spacial score (nSPS) is 20.1. The molecule has 1 aromatic carbocycles. The second kappa shape index (κ2) is 11.3. The van der Waals surface area contributed by atoms with E-state index in [1.165, 1.54) is 5.56 Å². The van der Waals surface area contributed by atoms with Gasteiger partial charge in [-0.15, -0.1) is 0 Å². The maximum Gasteiger partial charge on any atom is 0.410 e. The number of fused-ring (bicyclic) bond motifs is 1. The second-order valence-corrected chi connectivity index (χ2v) is 10.7. The molecule has 2 amide bonds. The lowest BCUT2D eigenvalue weighted by atomic mass is 9.91. The van der Waals surface area contributed by atoms with Gasteiger partial charge in [0.05, 0.1) is 17.8 Å². The molecular weight excluding hydrogens is 456 g/mol. The number of aryl methyl sites for hydroxylation is 1. The molecule has 2 aliphatic rings. The van der Waals surface area contributed by atoms with Crippen molar-refractivity contribution < 1.29 is 19.1 Å². The summed E-state index contributed by atoms with van der Waals surface area (Å²) in [5.74, 6) is 0. The third kappa shape index (κ3) is 6.55. The molecule has 2 aromatic rings. The highest BCUT2D eigenvalue weighted by atomic mass is 16.6. The smallest absolute Gasteiger partial charge is 0.410 e. The number of carbonyl (C=O) groups excluding carboxylic acids is 2. The molecule has 0 saturated carbocycles. The molecule has 0 N–H and O–H groups in total. The van der Waals surface area contributed by atoms with Crippen molar-refractivity contribution in [3.05, 3.63) is 65.5 Å². The zero-order valence-electron chi connectivity index (χ0n) is 21.9. The fourth-order valence-corrected chi connectivity index (χ4v) is 5.02. The van der Waals surface area contributed by atoms with Gasteiger partial charge in [-0.2, -0.15) is 0 Å². The van der Waals surface area contributed by atoms with Gasteiger partial charge < -0.3 is 19.3 Å². The number of amides is 2. The fraction of sp³-hybridized carbons (Fsp3) is 0.536. The van der Waals surface area contributed by atoms with E-state index >= 15 is 0 Å². The number of nitrogens with zero attached hydrogens (tertiary/aromatic N) is 4. The molecule has 1 saturated heterocycles. The van der Waals surface area contributed by atoms with Crippen LogP contribution in [0.25, 0.3) is 0 Å². The van der Waals surface area contributed by atoms with E-state index in [4.69, 9.17) is 9.47 Å². The maximum atomic E-state index is 13.2. The molecular formula is C28H38N4O4. The molecule has 0 radical (unpaired) electrons. The van der Waals surface area contributed by atoms with E-state index in [2.05, 4.69) is 23.0 Å². The minimum atomic E-state index is -0.577. The van der Waals surface area contributed by atoms with Crippen LogP contribution in [0, 0.1) is 0 Å². The zero-order chi connectivity index (χ0) is 25.7. The summed E-state index contributed by atoms with van der Waals surface area (Å²) in [6.07, 6.45) is 4.30. The number of hydrogen-bond donors (Lipinski definition) is 0. The predicted octanol–water partition coefficient (Wildman–Crippen LogP) is 4.65. The average Bonchev–Trinajstić information content (AvgIpc) is 2.86. The van der Waals surface area contributed by atoms with Gasteiger partial charge in [0.25, 0.3) is 0 Å². The topological polar surface area (TPSA) is 75.2 Å². The van der Waals surface area contributed by atoms with Crippen LogP contribution in [0.4, 0.5) is 9.59 Å². The number of piperazine rings is 1. The number of rotatable bonds is 5. The first-order chi connectivity index (χ1) is 17.2. The third-order valence-electron chi connectivity index (χ3n) is 6.77. The molecule has 1 aromatic heterocycles. The van der Waals surface area contributed by atoms with Gasteiger partial charge in [0, 0.05) is 32.4 Å². The van der Waals surface area contributed by atoms with E-state index in [1.807, 2.05) is 63.4 Å². The largest absolute Gasteiger partial charge is 0.445 e. The highest BCUT2D eigenvalue weighted by Gasteiger charge is 2.37. The standard InChI is InChI=1S/C28H38N4O4/c1-28(2,3)36-26(33)31-16-17-32(27(34)35-20-21-10-6-5-7-11-21)23(19-31)18-30(4)24-14-8-12-22-13-9-15-29-25(22)24/h5-7,9-11,13,15,23-24H,8,12,14,16-20H2,1-4H3. The van der Waals surface area contributed by atoms with Crippen LogP contribution in [-0.2, 0) is 22.5 Å². The molecule has 1 aliphatic heterocycles. The van der Waals surface area contributed by atoms with Crippen molar-refractivity contribution in [2.75, 3.05) is 33.2 Å². The number of benzene rings is 1. The number of pyridine rings is 1. The van der Waals surface area contributed by atoms with Crippen LogP contribution in [0.1, 0.15) is 56.5 Å². The Morgan fingerprint density at radius 1 is 1.08 bits per heavy atom. The van der Waals surface area contributed by atoms with Gasteiger partial charge in [-0.1, -0.05) is 36.4 Å². The Hall–Kier alpha value is -3.13. The van der Waals surface area contributed by atoms with E-state index in [0.29, 0.717) is 26.2 Å². The summed E-state index contributed by atoms with van der Waals surface area (Å²) in [4.78, 5) is 36.5. The summed E-state index contributed by atoms with van der Waals surface area (Å²) in [5, 5.41) is 0. The maximum absolute atomic E-state index is 13.2.